The first-order valence-electron chi connectivity index (χ1n) is 13.0. The molecule has 3 aliphatic carbocycles. The molecule has 3 aliphatic rings. The van der Waals surface area contributed by atoms with Gasteiger partial charge in [0.15, 0.2) is 9.84 Å². The molecule has 0 aliphatic heterocycles. The number of alkyl halides is 1. The second-order valence-electron chi connectivity index (χ2n) is 12.3. The van der Waals surface area contributed by atoms with Crippen molar-refractivity contribution in [2.45, 2.75) is 109 Å². The van der Waals surface area contributed by atoms with Crippen molar-refractivity contribution in [1.82, 2.24) is 0 Å². The fraction of sp³-hybridized carbons (Fsp3) is 0.724. The zero-order valence-corrected chi connectivity index (χ0v) is 22.8. The highest BCUT2D eigenvalue weighted by Gasteiger charge is 2.51. The summed E-state index contributed by atoms with van der Waals surface area (Å²) < 4.78 is 39.6. The maximum Gasteiger partial charge on any atom is 0.226 e. The van der Waals surface area contributed by atoms with Gasteiger partial charge in [-0.05, 0) is 114 Å². The summed E-state index contributed by atoms with van der Waals surface area (Å²) in [5.74, 6) is 0.992. The van der Waals surface area contributed by atoms with E-state index in [0.717, 1.165) is 50.5 Å². The fourth-order valence-corrected chi connectivity index (χ4v) is 8.14. The van der Waals surface area contributed by atoms with Crippen LogP contribution in [-0.4, -0.2) is 29.4 Å². The minimum absolute atomic E-state index is 0.103. The first-order chi connectivity index (χ1) is 15.6. The maximum atomic E-state index is 15.3. The zero-order valence-electron chi connectivity index (χ0n) is 22.0. The van der Waals surface area contributed by atoms with Gasteiger partial charge in [0, 0.05) is 0 Å². The van der Waals surface area contributed by atoms with Gasteiger partial charge in [-0.2, -0.15) is 0 Å². The van der Waals surface area contributed by atoms with Gasteiger partial charge in [0.05, 0.1) is 10.9 Å². The lowest BCUT2D eigenvalue weighted by atomic mass is 9.61. The molecule has 34 heavy (non-hydrogen) atoms. The Morgan fingerprint density at radius 3 is 2.47 bits per heavy atom. The van der Waals surface area contributed by atoms with Crippen molar-refractivity contribution in [2.75, 3.05) is 0 Å². The van der Waals surface area contributed by atoms with Crippen molar-refractivity contribution in [3.05, 3.63) is 47.6 Å². The predicted molar refractivity (Wildman–Crippen MR) is 140 cm³/mol. The topological polar surface area (TPSA) is 54.4 Å². The number of halogens is 1. The first-order valence-corrected chi connectivity index (χ1v) is 14.5. The van der Waals surface area contributed by atoms with Gasteiger partial charge in [0.2, 0.25) is 5.00 Å². The van der Waals surface area contributed by atoms with Crippen LogP contribution in [0.4, 0.5) is 4.39 Å². The average molecular weight is 493 g/mol. The Balaban J connectivity index is 1.79. The van der Waals surface area contributed by atoms with Crippen molar-refractivity contribution < 1.29 is 17.9 Å². The normalized spacial score (nSPS) is 36.1. The van der Waals surface area contributed by atoms with E-state index in [2.05, 4.69) is 32.6 Å². The van der Waals surface area contributed by atoms with Crippen LogP contribution in [0.2, 0.25) is 0 Å². The molecule has 0 amide bonds. The van der Waals surface area contributed by atoms with E-state index >= 15 is 4.39 Å². The molecule has 0 bridgehead atoms. The maximum absolute atomic E-state index is 15.3. The van der Waals surface area contributed by atoms with Gasteiger partial charge in [-0.25, -0.2) is 12.8 Å². The largest absolute Gasteiger partial charge is 0.393 e. The summed E-state index contributed by atoms with van der Waals surface area (Å²) in [6.45, 7) is 14.5. The van der Waals surface area contributed by atoms with Gasteiger partial charge in [-0.15, -0.1) is 0 Å². The van der Waals surface area contributed by atoms with Gasteiger partial charge in [-0.3, -0.25) is 0 Å². The standard InChI is InChI=1S/C29H45FO3S/c1-20-10-13-24(31)19-23(20)12-11-22-9-8-17-28(6)25(14-15-26(22)28)21(2)16-18-29(7,30)34(32,33)27(3,4)5/h11-12,16,18,21,24-26,31H,1,8-10,13-15,17,19H2,2-7H3/b18-16+,22-11+,23-12-/t21?,24-,25?,26-,28+,29?/m0/s1. The van der Waals surface area contributed by atoms with Gasteiger partial charge in [0.1, 0.15) is 0 Å². The summed E-state index contributed by atoms with van der Waals surface area (Å²) in [5.41, 5.74) is 3.93. The summed E-state index contributed by atoms with van der Waals surface area (Å²) in [4.78, 5) is 0. The lowest BCUT2D eigenvalue weighted by Crippen LogP contribution is -2.42. The predicted octanol–water partition coefficient (Wildman–Crippen LogP) is 7.25. The van der Waals surface area contributed by atoms with Crippen molar-refractivity contribution in [2.24, 2.45) is 23.2 Å². The van der Waals surface area contributed by atoms with E-state index in [1.54, 1.807) is 20.8 Å². The van der Waals surface area contributed by atoms with Crippen molar-refractivity contribution >= 4 is 9.84 Å². The van der Waals surface area contributed by atoms with Crippen LogP contribution in [0.25, 0.3) is 0 Å². The Hall–Kier alpha value is -1.20. The molecule has 0 aromatic heterocycles. The summed E-state index contributed by atoms with van der Waals surface area (Å²) in [5, 5.41) is 7.67. The molecule has 0 aromatic carbocycles. The molecule has 0 saturated heterocycles. The van der Waals surface area contributed by atoms with E-state index in [1.165, 1.54) is 24.1 Å². The first kappa shape index (κ1) is 27.4. The summed E-state index contributed by atoms with van der Waals surface area (Å²) in [7, 11) is -3.96. The molecule has 0 radical (unpaired) electrons. The van der Waals surface area contributed by atoms with Gasteiger partial charge < -0.3 is 5.11 Å². The highest BCUT2D eigenvalue weighted by Crippen LogP contribution is 2.59. The van der Waals surface area contributed by atoms with E-state index in [9.17, 15) is 13.5 Å². The number of aliphatic hydroxyl groups excluding tert-OH is 1. The van der Waals surface area contributed by atoms with Crippen LogP contribution in [-0.2, 0) is 9.84 Å². The minimum atomic E-state index is -3.96. The molecule has 3 saturated carbocycles. The lowest BCUT2D eigenvalue weighted by Gasteiger charge is -2.44. The third-order valence-corrected chi connectivity index (χ3v) is 11.7. The molecule has 3 fully saturated rings. The van der Waals surface area contributed by atoms with E-state index in [-0.39, 0.29) is 17.4 Å². The number of sulfone groups is 1. The molecule has 0 heterocycles. The van der Waals surface area contributed by atoms with Gasteiger partial charge in [-0.1, -0.05) is 49.8 Å². The van der Waals surface area contributed by atoms with E-state index in [4.69, 9.17) is 0 Å². The summed E-state index contributed by atoms with van der Waals surface area (Å²) in [6.07, 6.45) is 15.2. The number of hydrogen-bond donors (Lipinski definition) is 1. The van der Waals surface area contributed by atoms with Crippen molar-refractivity contribution in [1.29, 1.82) is 0 Å². The molecule has 3 unspecified atom stereocenters. The molecule has 3 rings (SSSR count). The molecule has 0 spiro atoms. The smallest absolute Gasteiger partial charge is 0.226 e. The van der Waals surface area contributed by atoms with Gasteiger partial charge in [0.25, 0.3) is 0 Å². The van der Waals surface area contributed by atoms with Crippen LogP contribution >= 0.6 is 0 Å². The molecule has 192 valence electrons. The lowest BCUT2D eigenvalue weighted by molar-refractivity contribution is 0.112. The monoisotopic (exact) mass is 492 g/mol. The summed E-state index contributed by atoms with van der Waals surface area (Å²) in [6, 6.07) is 0. The number of rotatable bonds is 5. The summed E-state index contributed by atoms with van der Waals surface area (Å²) >= 11 is 0. The Morgan fingerprint density at radius 1 is 1.15 bits per heavy atom. The van der Waals surface area contributed by atoms with Crippen molar-refractivity contribution in [3.8, 4) is 0 Å². The molecular weight excluding hydrogens is 447 g/mol. The SMILES string of the molecule is C=C1CC[C@H](O)C/C1=C/C=C1\CCC[C@]2(C)C(C(C)/C=C/C(C)(F)S(=O)(=O)C(C)(C)C)CC[C@@H]12. The Kier molecular flexibility index (Phi) is 7.80. The highest BCUT2D eigenvalue weighted by atomic mass is 32.2. The molecule has 6 atom stereocenters. The highest BCUT2D eigenvalue weighted by molar-refractivity contribution is 7.94. The number of aliphatic hydroxyl groups is 1. The van der Waals surface area contributed by atoms with Crippen LogP contribution in [0.1, 0.15) is 92.9 Å². The fourth-order valence-electron chi connectivity index (χ4n) is 6.68. The Bertz CT molecular complexity index is 979. The Labute approximate surface area is 207 Å². The molecular formula is C29H45FO3S. The zero-order chi connectivity index (χ0) is 25.5. The number of fused-ring (bicyclic) bond motifs is 1. The minimum Gasteiger partial charge on any atom is -0.393 e. The third-order valence-electron chi connectivity index (χ3n) is 8.89. The quantitative estimate of drug-likeness (QED) is 0.411. The van der Waals surface area contributed by atoms with Crippen LogP contribution in [0, 0.1) is 23.2 Å². The molecule has 1 N–H and O–H groups in total. The van der Waals surface area contributed by atoms with Crippen LogP contribution < -0.4 is 0 Å². The van der Waals surface area contributed by atoms with E-state index in [0.29, 0.717) is 18.3 Å². The molecule has 5 heteroatoms. The molecule has 0 aromatic rings. The van der Waals surface area contributed by atoms with Crippen LogP contribution in [0.15, 0.2) is 47.6 Å². The third kappa shape index (κ3) is 5.16. The van der Waals surface area contributed by atoms with E-state index in [1.807, 2.05) is 6.08 Å². The number of allylic oxidation sites excluding steroid dienone is 5. The Morgan fingerprint density at radius 2 is 1.82 bits per heavy atom. The van der Waals surface area contributed by atoms with Crippen LogP contribution in [0.3, 0.4) is 0 Å². The second-order valence-corrected chi connectivity index (χ2v) is 15.4. The van der Waals surface area contributed by atoms with Crippen LogP contribution in [0.5, 0.6) is 0 Å². The van der Waals surface area contributed by atoms with Crippen molar-refractivity contribution in [3.63, 3.8) is 0 Å². The molecule has 3 nitrogen and oxygen atoms in total. The second kappa shape index (κ2) is 9.69. The average Bonchev–Trinajstić information content (AvgIpc) is 3.09. The van der Waals surface area contributed by atoms with E-state index < -0.39 is 19.6 Å². The van der Waals surface area contributed by atoms with Gasteiger partial charge >= 0.3 is 0 Å². The number of hydrogen-bond acceptors (Lipinski definition) is 3.